The molecule has 0 aliphatic carbocycles. The lowest BCUT2D eigenvalue weighted by molar-refractivity contribution is -0.137. The van der Waals surface area contributed by atoms with Gasteiger partial charge in [-0.25, -0.2) is 0 Å². The molecule has 10 atom stereocenters. The second-order valence-corrected chi connectivity index (χ2v) is 17.5. The number of aliphatic hydroxyl groups is 12. The fraction of sp³-hybridized carbons (Fsp3) is 0.938. The number of aliphatic hydroxyl groups excluding tert-OH is 12. The molecule has 0 aromatic rings. The third-order valence-corrected chi connectivity index (χ3v) is 9.66. The van der Waals surface area contributed by atoms with Crippen molar-refractivity contribution in [2.45, 2.75) is 158 Å². The number of hydrogen-bond acceptors (Lipinski definition) is 22. The van der Waals surface area contributed by atoms with Gasteiger partial charge in [0.15, 0.2) is 0 Å². The minimum atomic E-state index is -1.05. The van der Waals surface area contributed by atoms with Crippen LogP contribution in [-0.2, 0) is 47.4 Å². The van der Waals surface area contributed by atoms with Crippen molar-refractivity contribution >= 4 is 5.97 Å². The molecule has 0 saturated heterocycles. The van der Waals surface area contributed by atoms with Crippen LogP contribution < -0.4 is 0 Å². The molecule has 0 spiro atoms. The molecule has 0 heterocycles. The number of carboxylic acid groups (broad SMARTS) is 1. The molecule has 0 aromatic heterocycles. The first kappa shape index (κ1) is 71.4. The summed E-state index contributed by atoms with van der Waals surface area (Å²) in [5.41, 5.74) is 0. The molecule has 0 rings (SSSR count). The number of allylic oxidation sites excluding steroid dienone is 2. The Morgan fingerprint density at radius 2 is 0.521 bits per heavy atom. The van der Waals surface area contributed by atoms with Gasteiger partial charge in [-0.05, 0) is 32.1 Å². The third-order valence-electron chi connectivity index (χ3n) is 9.66. The van der Waals surface area contributed by atoms with Gasteiger partial charge in [-0.2, -0.15) is 0 Å². The van der Waals surface area contributed by atoms with Gasteiger partial charge in [-0.1, -0.05) is 70.4 Å². The zero-order chi connectivity index (χ0) is 53.2. The summed E-state index contributed by atoms with van der Waals surface area (Å²) < 4.78 is 46.3. The van der Waals surface area contributed by atoms with Crippen LogP contribution in [0.4, 0.5) is 0 Å². The molecule has 13 N–H and O–H groups in total. The third kappa shape index (κ3) is 55.9. The summed E-state index contributed by atoms with van der Waals surface area (Å²) in [4.78, 5) is 10.3. The van der Waals surface area contributed by atoms with Crippen molar-refractivity contribution in [1.29, 1.82) is 0 Å². The van der Waals surface area contributed by atoms with Gasteiger partial charge in [0.2, 0.25) is 0 Å². The molecule has 0 radical (unpaired) electrons. The Morgan fingerprint density at radius 3 is 0.732 bits per heavy atom. The van der Waals surface area contributed by atoms with Crippen LogP contribution in [0.1, 0.15) is 96.8 Å². The van der Waals surface area contributed by atoms with E-state index in [1.807, 2.05) is 0 Å². The maximum absolute atomic E-state index is 10.3. The average Bonchev–Trinajstić information content (AvgIpc) is 3.32. The topological polar surface area (TPSA) is 363 Å². The summed E-state index contributed by atoms with van der Waals surface area (Å²) in [6.07, 6.45) is 10.9. The molecular formula is C48H96O23. The first-order valence-electron chi connectivity index (χ1n) is 25.2. The van der Waals surface area contributed by atoms with Crippen molar-refractivity contribution in [3.05, 3.63) is 12.2 Å². The van der Waals surface area contributed by atoms with Gasteiger partial charge in [0.25, 0.3) is 0 Å². The van der Waals surface area contributed by atoms with Crippen molar-refractivity contribution in [1.82, 2.24) is 0 Å². The minimum absolute atomic E-state index is 0.123. The van der Waals surface area contributed by atoms with Crippen LogP contribution in [0.2, 0.25) is 0 Å². The minimum Gasteiger partial charge on any atom is -0.481 e. The first-order chi connectivity index (χ1) is 34.1. The SMILES string of the molecule is CCCCCCCCC=CCCCCCCCC(=O)O.OCC(O)COCC(O)COCC(O)COCC(O)COCC(O)COCC(O)COCC(O)COCC(O)COCC(O)COCC(O)CO. The Bertz CT molecular complexity index is 1070. The van der Waals surface area contributed by atoms with E-state index in [4.69, 9.17) is 68.2 Å². The van der Waals surface area contributed by atoms with Crippen molar-refractivity contribution in [3.63, 3.8) is 0 Å². The summed E-state index contributed by atoms with van der Waals surface area (Å²) in [5, 5.41) is 123. The smallest absolute Gasteiger partial charge is 0.303 e. The van der Waals surface area contributed by atoms with Crippen LogP contribution in [0.15, 0.2) is 12.2 Å². The maximum Gasteiger partial charge on any atom is 0.303 e. The van der Waals surface area contributed by atoms with Gasteiger partial charge < -0.3 is 109 Å². The molecule has 0 fully saturated rings. The average molecular weight is 1040 g/mol. The van der Waals surface area contributed by atoms with Gasteiger partial charge >= 0.3 is 5.97 Å². The standard InChI is InChI=1S/C30H62O21.C18H34O2/c31-1-21(33)3-43-5-23(35)7-45-9-25(37)11-47-13-27(39)15-49-17-29(41)19-51-20-30(42)18-50-16-28(40)14-48-12-26(38)10-46-8-24(36)6-44-4-22(34)2-32;1-2-3-4-5-6-7-8-9-10-11-12-13-14-15-16-17-18(19)20/h21-42H,1-20H2;9-10H,2-8,11-17H2,1H3,(H,19,20). The van der Waals surface area contributed by atoms with Crippen LogP contribution in [0.25, 0.3) is 0 Å². The van der Waals surface area contributed by atoms with E-state index in [-0.39, 0.29) is 119 Å². The molecule has 23 heteroatoms. The zero-order valence-corrected chi connectivity index (χ0v) is 42.4. The van der Waals surface area contributed by atoms with Crippen LogP contribution in [0, 0.1) is 0 Å². The van der Waals surface area contributed by atoms with Crippen molar-refractivity contribution in [2.75, 3.05) is 132 Å². The Labute approximate surface area is 421 Å². The molecule has 10 unspecified atom stereocenters. The van der Waals surface area contributed by atoms with Gasteiger partial charge in [0, 0.05) is 6.42 Å². The number of carbonyl (C=O) groups is 1. The van der Waals surface area contributed by atoms with Gasteiger partial charge in [0.05, 0.1) is 132 Å². The molecule has 426 valence electrons. The largest absolute Gasteiger partial charge is 0.481 e. The summed E-state index contributed by atoms with van der Waals surface area (Å²) in [7, 11) is 0. The van der Waals surface area contributed by atoms with Crippen LogP contribution in [-0.4, -0.2) is 266 Å². The molecular weight excluding hydrogens is 945 g/mol. The van der Waals surface area contributed by atoms with E-state index in [0.717, 1.165) is 12.8 Å². The fourth-order valence-corrected chi connectivity index (χ4v) is 5.90. The monoisotopic (exact) mass is 1040 g/mol. The summed E-state index contributed by atoms with van der Waals surface area (Å²) in [5.74, 6) is -0.664. The lowest BCUT2D eigenvalue weighted by Gasteiger charge is -2.18. The number of aliphatic carboxylic acids is 1. The highest BCUT2D eigenvalue weighted by molar-refractivity contribution is 5.66. The Morgan fingerprint density at radius 1 is 0.324 bits per heavy atom. The quantitative estimate of drug-likeness (QED) is 0.0252. The van der Waals surface area contributed by atoms with E-state index in [0.29, 0.717) is 6.42 Å². The van der Waals surface area contributed by atoms with Crippen LogP contribution in [0.3, 0.4) is 0 Å². The number of rotatable bonds is 53. The van der Waals surface area contributed by atoms with Crippen molar-refractivity contribution in [2.24, 2.45) is 0 Å². The highest BCUT2D eigenvalue weighted by atomic mass is 16.6. The van der Waals surface area contributed by atoms with E-state index in [9.17, 15) is 45.6 Å². The zero-order valence-electron chi connectivity index (χ0n) is 42.4. The Hall–Kier alpha value is -1.63. The van der Waals surface area contributed by atoms with Crippen molar-refractivity contribution in [3.8, 4) is 0 Å². The van der Waals surface area contributed by atoms with E-state index < -0.39 is 80.2 Å². The summed E-state index contributed by atoms with van der Waals surface area (Å²) in [6.45, 7) is -1.42. The molecule has 0 bridgehead atoms. The lowest BCUT2D eigenvalue weighted by atomic mass is 10.1. The van der Waals surface area contributed by atoms with E-state index in [2.05, 4.69) is 19.1 Å². The highest BCUT2D eigenvalue weighted by Crippen LogP contribution is 2.10. The van der Waals surface area contributed by atoms with Crippen molar-refractivity contribution < 1.29 is 114 Å². The van der Waals surface area contributed by atoms with E-state index in [1.54, 1.807) is 0 Å². The predicted octanol–water partition coefficient (Wildman–Crippen LogP) is -1.16. The van der Waals surface area contributed by atoms with Gasteiger partial charge in [-0.15, -0.1) is 0 Å². The first-order valence-corrected chi connectivity index (χ1v) is 25.2. The number of ether oxygens (including phenoxy) is 9. The van der Waals surface area contributed by atoms with E-state index >= 15 is 0 Å². The van der Waals surface area contributed by atoms with Gasteiger partial charge in [-0.3, -0.25) is 4.79 Å². The molecule has 0 saturated carbocycles. The predicted molar refractivity (Wildman–Crippen MR) is 259 cm³/mol. The number of hydrogen-bond donors (Lipinski definition) is 13. The second-order valence-electron chi connectivity index (χ2n) is 17.5. The molecule has 0 aliphatic heterocycles. The van der Waals surface area contributed by atoms with E-state index in [1.165, 1.54) is 70.6 Å². The number of carboxylic acids is 1. The normalized spacial score (nSPS) is 16.2. The molecule has 71 heavy (non-hydrogen) atoms. The Balaban J connectivity index is 0. The fourth-order valence-electron chi connectivity index (χ4n) is 5.90. The maximum atomic E-state index is 10.3. The molecule has 0 amide bonds. The lowest BCUT2D eigenvalue weighted by Crippen LogP contribution is -2.32. The molecule has 23 nitrogen and oxygen atoms in total. The van der Waals surface area contributed by atoms with Crippen LogP contribution >= 0.6 is 0 Å². The Kier molecular flexibility index (Phi) is 53.5. The van der Waals surface area contributed by atoms with Gasteiger partial charge in [0.1, 0.15) is 61.0 Å². The second kappa shape index (κ2) is 53.2. The molecule has 0 aromatic carbocycles. The number of unbranched alkanes of at least 4 members (excludes halogenated alkanes) is 11. The summed E-state index contributed by atoms with van der Waals surface area (Å²) in [6, 6.07) is 0. The highest BCUT2D eigenvalue weighted by Gasteiger charge is 2.15. The summed E-state index contributed by atoms with van der Waals surface area (Å²) >= 11 is 0. The molecule has 0 aliphatic rings. The van der Waals surface area contributed by atoms with Crippen LogP contribution in [0.5, 0.6) is 0 Å².